The average Bonchev–Trinajstić information content (AvgIpc) is 2.92. The molecule has 2 aromatic carbocycles. The molecule has 0 spiro atoms. The van der Waals surface area contributed by atoms with Crippen LogP contribution < -0.4 is 10.6 Å². The molecule has 0 bridgehead atoms. The van der Waals surface area contributed by atoms with Gasteiger partial charge < -0.3 is 5.73 Å². The molecule has 3 rings (SSSR count). The van der Waals surface area contributed by atoms with Crippen LogP contribution in [0.5, 0.6) is 0 Å². The van der Waals surface area contributed by atoms with Crippen molar-refractivity contribution in [1.29, 1.82) is 5.26 Å². The number of amides is 2. The summed E-state index contributed by atoms with van der Waals surface area (Å²) in [5.74, 6) is -1.71. The highest BCUT2D eigenvalue weighted by atomic mass is 35.5. The van der Waals surface area contributed by atoms with Gasteiger partial charge in [-0.1, -0.05) is 35.5 Å². The molecule has 0 radical (unpaired) electrons. The Labute approximate surface area is 164 Å². The third-order valence-electron chi connectivity index (χ3n) is 3.92. The fraction of sp³-hybridized carbons (Fsp3) is 0.105. The molecule has 1 aliphatic heterocycles. The lowest BCUT2D eigenvalue weighted by Gasteiger charge is -2.18. The van der Waals surface area contributed by atoms with Crippen LogP contribution in [-0.2, 0) is 16.0 Å². The molecular weight excluding hydrogens is 389 g/mol. The molecule has 136 valence electrons. The Morgan fingerprint density at radius 1 is 1.30 bits per heavy atom. The summed E-state index contributed by atoms with van der Waals surface area (Å²) in [5, 5.41) is 9.44. The average molecular weight is 402 g/mol. The van der Waals surface area contributed by atoms with Gasteiger partial charge in [0, 0.05) is 10.7 Å². The van der Waals surface area contributed by atoms with Gasteiger partial charge in [-0.15, -0.1) is 0 Å². The number of carbonyl (C=O) groups is 2. The smallest absolute Gasteiger partial charge is 0.262 e. The lowest BCUT2D eigenvalue weighted by molar-refractivity contribution is -0.117. The molecule has 2 amide bonds. The minimum atomic E-state index is -0.927. The molecule has 1 fully saturated rings. The third kappa shape index (κ3) is 3.97. The molecule has 0 aliphatic carbocycles. The van der Waals surface area contributed by atoms with Gasteiger partial charge in [0.2, 0.25) is 5.91 Å². The van der Waals surface area contributed by atoms with E-state index in [0.717, 1.165) is 17.3 Å². The molecule has 0 saturated carbocycles. The number of carbonyl (C=O) groups excluding carboxylic acids is 2. The second-order valence-corrected chi connectivity index (χ2v) is 7.37. The third-order valence-corrected chi connectivity index (χ3v) is 5.42. The maximum atomic E-state index is 13.3. The number of hydrogen-bond donors (Lipinski definition) is 1. The predicted octanol–water partition coefficient (Wildman–Crippen LogP) is 3.39. The van der Waals surface area contributed by atoms with E-state index in [9.17, 15) is 19.2 Å². The Hall–Kier alpha value is -2.82. The van der Waals surface area contributed by atoms with Gasteiger partial charge in [-0.25, -0.2) is 4.39 Å². The van der Waals surface area contributed by atoms with Gasteiger partial charge in [0.1, 0.15) is 22.5 Å². The fourth-order valence-corrected chi connectivity index (χ4v) is 4.23. The molecule has 2 aromatic rings. The molecular formula is C19H13ClFN3O2S. The number of thioether (sulfide) groups is 1. The molecule has 27 heavy (non-hydrogen) atoms. The van der Waals surface area contributed by atoms with E-state index in [1.165, 1.54) is 29.2 Å². The number of rotatable bonds is 4. The normalized spacial score (nSPS) is 18.3. The van der Waals surface area contributed by atoms with Crippen molar-refractivity contribution in [3.63, 3.8) is 0 Å². The minimum absolute atomic E-state index is 0.147. The molecule has 1 saturated heterocycles. The van der Waals surface area contributed by atoms with Crippen LogP contribution in [0.25, 0.3) is 0 Å². The van der Waals surface area contributed by atoms with Crippen LogP contribution in [0.15, 0.2) is 59.1 Å². The standard InChI is InChI=1S/C19H13ClFN3O2S/c20-12-3-1-2-11(8-12)9-16-18(26)24(14-6-4-13(21)5-7-14)19(27-16)15(10-22)17(23)25/h1-8,16H,9H2,(H2,23,25)/b19-15-. The summed E-state index contributed by atoms with van der Waals surface area (Å²) < 4.78 is 13.3. The number of halogens is 2. The number of nitriles is 1. The summed E-state index contributed by atoms with van der Waals surface area (Å²) in [5.41, 5.74) is 6.19. The SMILES string of the molecule is N#C/C(C(N)=O)=C1/SC(Cc2cccc(Cl)c2)C(=O)N1c1ccc(F)cc1. The largest absolute Gasteiger partial charge is 0.365 e. The van der Waals surface area contributed by atoms with Crippen molar-refractivity contribution in [2.75, 3.05) is 4.90 Å². The maximum Gasteiger partial charge on any atom is 0.262 e. The van der Waals surface area contributed by atoms with Crippen LogP contribution in [0.4, 0.5) is 10.1 Å². The number of nitrogens with zero attached hydrogens (tertiary/aromatic N) is 2. The van der Waals surface area contributed by atoms with Gasteiger partial charge in [0.15, 0.2) is 0 Å². The molecule has 1 atom stereocenters. The van der Waals surface area contributed by atoms with Crippen LogP contribution in [0.2, 0.25) is 5.02 Å². The zero-order chi connectivity index (χ0) is 19.6. The van der Waals surface area contributed by atoms with Crippen LogP contribution in [-0.4, -0.2) is 17.1 Å². The summed E-state index contributed by atoms with van der Waals surface area (Å²) >= 11 is 7.08. The van der Waals surface area contributed by atoms with Crippen molar-refractivity contribution in [2.24, 2.45) is 5.73 Å². The quantitative estimate of drug-likeness (QED) is 0.628. The van der Waals surface area contributed by atoms with Crippen LogP contribution in [0.3, 0.4) is 0 Å². The summed E-state index contributed by atoms with van der Waals surface area (Å²) in [4.78, 5) is 25.9. The Bertz CT molecular complexity index is 985. The minimum Gasteiger partial charge on any atom is -0.365 e. The fourth-order valence-electron chi connectivity index (χ4n) is 2.70. The highest BCUT2D eigenvalue weighted by Crippen LogP contribution is 2.41. The number of anilines is 1. The van der Waals surface area contributed by atoms with E-state index < -0.39 is 17.0 Å². The van der Waals surface area contributed by atoms with E-state index >= 15 is 0 Å². The highest BCUT2D eigenvalue weighted by molar-refractivity contribution is 8.05. The number of primary amides is 1. The van der Waals surface area contributed by atoms with E-state index in [1.807, 2.05) is 6.07 Å². The molecule has 2 N–H and O–H groups in total. The Kier molecular flexibility index (Phi) is 5.49. The summed E-state index contributed by atoms with van der Waals surface area (Å²) in [6, 6.07) is 14.1. The van der Waals surface area contributed by atoms with Gasteiger partial charge in [0.25, 0.3) is 5.91 Å². The molecule has 1 heterocycles. The van der Waals surface area contributed by atoms with Crippen LogP contribution in [0, 0.1) is 17.1 Å². The van der Waals surface area contributed by atoms with Crippen molar-refractivity contribution < 1.29 is 14.0 Å². The molecule has 5 nitrogen and oxygen atoms in total. The van der Waals surface area contributed by atoms with E-state index in [-0.39, 0.29) is 16.5 Å². The first kappa shape index (κ1) is 19.0. The van der Waals surface area contributed by atoms with Crippen molar-refractivity contribution in [3.8, 4) is 6.07 Å². The van der Waals surface area contributed by atoms with Gasteiger partial charge >= 0.3 is 0 Å². The predicted molar refractivity (Wildman–Crippen MR) is 102 cm³/mol. The number of hydrogen-bond acceptors (Lipinski definition) is 4. The number of benzene rings is 2. The van der Waals surface area contributed by atoms with Crippen LogP contribution >= 0.6 is 23.4 Å². The molecule has 1 aliphatic rings. The van der Waals surface area contributed by atoms with E-state index in [1.54, 1.807) is 24.3 Å². The Morgan fingerprint density at radius 2 is 2.00 bits per heavy atom. The zero-order valence-electron chi connectivity index (χ0n) is 13.9. The van der Waals surface area contributed by atoms with Crippen molar-refractivity contribution >= 4 is 40.9 Å². The van der Waals surface area contributed by atoms with Gasteiger partial charge in [0.05, 0.1) is 5.25 Å². The first-order valence-corrected chi connectivity index (χ1v) is 9.11. The monoisotopic (exact) mass is 401 g/mol. The maximum absolute atomic E-state index is 13.3. The molecule has 1 unspecified atom stereocenters. The lowest BCUT2D eigenvalue weighted by Crippen LogP contribution is -2.31. The Morgan fingerprint density at radius 3 is 2.59 bits per heavy atom. The highest BCUT2D eigenvalue weighted by Gasteiger charge is 2.40. The van der Waals surface area contributed by atoms with Crippen molar-refractivity contribution in [3.05, 3.63) is 75.5 Å². The Balaban J connectivity index is 2.03. The topological polar surface area (TPSA) is 87.2 Å². The van der Waals surface area contributed by atoms with Gasteiger partial charge in [-0.3, -0.25) is 14.5 Å². The van der Waals surface area contributed by atoms with E-state index in [4.69, 9.17) is 17.3 Å². The molecule has 0 aromatic heterocycles. The lowest BCUT2D eigenvalue weighted by atomic mass is 10.1. The second-order valence-electron chi connectivity index (χ2n) is 5.75. The van der Waals surface area contributed by atoms with Gasteiger partial charge in [-0.05, 0) is 48.4 Å². The van der Waals surface area contributed by atoms with E-state index in [2.05, 4.69) is 0 Å². The molecule has 8 heteroatoms. The van der Waals surface area contributed by atoms with Crippen molar-refractivity contribution in [1.82, 2.24) is 0 Å². The zero-order valence-corrected chi connectivity index (χ0v) is 15.4. The first-order chi connectivity index (χ1) is 12.9. The summed E-state index contributed by atoms with van der Waals surface area (Å²) in [6.45, 7) is 0. The number of nitrogens with two attached hydrogens (primary N) is 1. The summed E-state index contributed by atoms with van der Waals surface area (Å²) in [6.07, 6.45) is 0.350. The van der Waals surface area contributed by atoms with Crippen LogP contribution in [0.1, 0.15) is 5.56 Å². The second kappa shape index (κ2) is 7.82. The summed E-state index contributed by atoms with van der Waals surface area (Å²) in [7, 11) is 0. The first-order valence-electron chi connectivity index (χ1n) is 7.85. The van der Waals surface area contributed by atoms with E-state index in [0.29, 0.717) is 17.1 Å². The van der Waals surface area contributed by atoms with Crippen molar-refractivity contribution in [2.45, 2.75) is 11.7 Å². The van der Waals surface area contributed by atoms with Gasteiger partial charge in [-0.2, -0.15) is 5.26 Å².